The lowest BCUT2D eigenvalue weighted by molar-refractivity contribution is 0.375. The van der Waals surface area contributed by atoms with E-state index in [-0.39, 0.29) is 34.8 Å². The number of aliphatic hydroxyl groups is 1. The smallest absolute Gasteiger partial charge is 0.130 e. The zero-order chi connectivity index (χ0) is 25.1. The van der Waals surface area contributed by atoms with E-state index in [2.05, 4.69) is 0 Å². The number of phenols is 3. The van der Waals surface area contributed by atoms with E-state index in [1.807, 2.05) is 18.2 Å². The number of aliphatic hydroxyl groups excluding tert-OH is 1. The van der Waals surface area contributed by atoms with Gasteiger partial charge in [0.2, 0.25) is 0 Å². The normalized spacial score (nSPS) is 19.4. The first kappa shape index (κ1) is 22.4. The van der Waals surface area contributed by atoms with Crippen LogP contribution in [0.3, 0.4) is 0 Å². The largest absolute Gasteiger partial charge is 0.508 e. The number of hydrogen-bond acceptors (Lipinski definition) is 6. The molecule has 184 valence electrons. The molecule has 6 rings (SSSR count). The highest BCUT2D eigenvalue weighted by Gasteiger charge is 2.36. The molecule has 6 nitrogen and oxygen atoms in total. The number of phenolic OH excluding ortho intramolecular Hbond substituents is 3. The molecule has 0 aliphatic heterocycles. The Labute approximate surface area is 209 Å². The highest BCUT2D eigenvalue weighted by molar-refractivity contribution is 5.92. The number of hydrogen-bond donors (Lipinski definition) is 4. The van der Waals surface area contributed by atoms with Crippen molar-refractivity contribution in [1.82, 2.24) is 0 Å². The Morgan fingerprint density at radius 3 is 2.25 bits per heavy atom. The molecule has 3 aliphatic carbocycles. The molecule has 2 unspecified atom stereocenters. The lowest BCUT2D eigenvalue weighted by Gasteiger charge is -2.35. The van der Waals surface area contributed by atoms with E-state index in [9.17, 15) is 20.4 Å². The number of benzene rings is 3. The van der Waals surface area contributed by atoms with E-state index in [1.54, 1.807) is 44.6 Å². The summed E-state index contributed by atoms with van der Waals surface area (Å²) >= 11 is 0. The van der Waals surface area contributed by atoms with Gasteiger partial charge < -0.3 is 29.9 Å². The lowest BCUT2D eigenvalue weighted by atomic mass is 9.70. The minimum Gasteiger partial charge on any atom is -0.508 e. The van der Waals surface area contributed by atoms with Gasteiger partial charge in [0, 0.05) is 40.3 Å². The minimum absolute atomic E-state index is 0.00105. The minimum atomic E-state index is -0.00105. The van der Waals surface area contributed by atoms with Gasteiger partial charge in [0.25, 0.3) is 0 Å². The predicted molar refractivity (Wildman–Crippen MR) is 137 cm³/mol. The van der Waals surface area contributed by atoms with E-state index in [0.29, 0.717) is 41.9 Å². The van der Waals surface area contributed by atoms with Crippen LogP contribution in [0.5, 0.6) is 28.7 Å². The molecule has 0 fully saturated rings. The van der Waals surface area contributed by atoms with Crippen LogP contribution in [0.25, 0.3) is 22.3 Å². The molecular formula is C30H28O6. The van der Waals surface area contributed by atoms with Gasteiger partial charge in [-0.3, -0.25) is 0 Å². The molecule has 3 aromatic rings. The monoisotopic (exact) mass is 484 g/mol. The van der Waals surface area contributed by atoms with Gasteiger partial charge in [-0.15, -0.1) is 0 Å². The average molecular weight is 485 g/mol. The maximum absolute atomic E-state index is 11.3. The number of rotatable bonds is 3. The van der Waals surface area contributed by atoms with Crippen molar-refractivity contribution in [2.75, 3.05) is 14.2 Å². The topological polar surface area (TPSA) is 99.4 Å². The molecule has 2 atom stereocenters. The van der Waals surface area contributed by atoms with Gasteiger partial charge in [-0.1, -0.05) is 12.1 Å². The third kappa shape index (κ3) is 3.24. The summed E-state index contributed by atoms with van der Waals surface area (Å²) in [7, 11) is 3.17. The van der Waals surface area contributed by atoms with Gasteiger partial charge in [0.15, 0.2) is 0 Å². The second kappa shape index (κ2) is 8.26. The van der Waals surface area contributed by atoms with Gasteiger partial charge >= 0.3 is 0 Å². The van der Waals surface area contributed by atoms with Gasteiger partial charge in [0.1, 0.15) is 34.5 Å². The van der Waals surface area contributed by atoms with Crippen molar-refractivity contribution in [3.05, 3.63) is 76.6 Å². The SMILES string of the molecule is COc1cc(O)c(-c2c(O)cc(OC)c3c2CCC2C=C(O)C=CC32)c2c1-c1ccc(O)cc1CC2. The fourth-order valence-electron chi connectivity index (χ4n) is 6.37. The molecule has 0 bridgehead atoms. The number of aromatic hydroxyl groups is 3. The van der Waals surface area contributed by atoms with Crippen LogP contribution in [0, 0.1) is 5.92 Å². The number of ether oxygens (including phenoxy) is 2. The summed E-state index contributed by atoms with van der Waals surface area (Å²) in [6.45, 7) is 0. The number of methoxy groups -OCH3 is 2. The molecule has 6 heteroatoms. The molecule has 0 saturated heterocycles. The van der Waals surface area contributed by atoms with E-state index in [1.165, 1.54) is 0 Å². The lowest BCUT2D eigenvalue weighted by Crippen LogP contribution is -2.22. The van der Waals surface area contributed by atoms with Crippen molar-refractivity contribution in [3.8, 4) is 51.0 Å². The predicted octanol–water partition coefficient (Wildman–Crippen LogP) is 5.91. The molecule has 0 spiro atoms. The third-order valence-electron chi connectivity index (χ3n) is 7.86. The standard InChI is InChI=1S/C30H28O6/c1-35-25-13-23(33)29(21-7-3-15-11-17(31)5-9-19(15)27(21)25)30-22-8-4-16-12-18(32)6-10-20(16)28(22)26(36-2)14-24(30)34/h5-6,9-15,19,31-34H,3-4,7-8H2,1-2H3. The van der Waals surface area contributed by atoms with Crippen LogP contribution in [-0.4, -0.2) is 34.6 Å². The molecule has 0 heterocycles. The van der Waals surface area contributed by atoms with E-state index in [4.69, 9.17) is 9.47 Å². The molecule has 3 aliphatic rings. The Hall–Kier alpha value is -4.06. The van der Waals surface area contributed by atoms with Crippen LogP contribution in [-0.2, 0) is 19.3 Å². The van der Waals surface area contributed by atoms with E-state index < -0.39 is 0 Å². The van der Waals surface area contributed by atoms with E-state index >= 15 is 0 Å². The zero-order valence-electron chi connectivity index (χ0n) is 20.2. The Balaban J connectivity index is 1.64. The molecular weight excluding hydrogens is 456 g/mol. The molecule has 4 N–H and O–H groups in total. The van der Waals surface area contributed by atoms with Crippen LogP contribution >= 0.6 is 0 Å². The third-order valence-corrected chi connectivity index (χ3v) is 7.86. The van der Waals surface area contributed by atoms with Crippen molar-refractivity contribution in [2.45, 2.75) is 31.6 Å². The van der Waals surface area contributed by atoms with Crippen LogP contribution in [0.2, 0.25) is 0 Å². The summed E-state index contributed by atoms with van der Waals surface area (Å²) in [5, 5.41) is 42.7. The van der Waals surface area contributed by atoms with E-state index in [0.717, 1.165) is 39.8 Å². The fraction of sp³-hybridized carbons (Fsp3) is 0.267. The zero-order valence-corrected chi connectivity index (χ0v) is 20.2. The van der Waals surface area contributed by atoms with Gasteiger partial charge in [0.05, 0.1) is 14.2 Å². The Kier molecular flexibility index (Phi) is 5.14. The first-order chi connectivity index (χ1) is 17.4. The summed E-state index contributed by atoms with van der Waals surface area (Å²) in [5.74, 6) is 1.87. The van der Waals surface area contributed by atoms with Crippen LogP contribution < -0.4 is 9.47 Å². The van der Waals surface area contributed by atoms with Crippen molar-refractivity contribution in [1.29, 1.82) is 0 Å². The van der Waals surface area contributed by atoms with Crippen molar-refractivity contribution >= 4 is 0 Å². The maximum Gasteiger partial charge on any atom is 0.130 e. The summed E-state index contributed by atoms with van der Waals surface area (Å²) in [6, 6.07) is 8.55. The average Bonchev–Trinajstić information content (AvgIpc) is 2.87. The van der Waals surface area contributed by atoms with Gasteiger partial charge in [-0.25, -0.2) is 0 Å². The molecule has 3 aromatic carbocycles. The maximum atomic E-state index is 11.3. The number of allylic oxidation sites excluding steroid dienone is 3. The molecule has 36 heavy (non-hydrogen) atoms. The first-order valence-electron chi connectivity index (χ1n) is 12.2. The number of fused-ring (bicyclic) bond motifs is 6. The molecule has 0 saturated carbocycles. The van der Waals surface area contributed by atoms with Crippen LogP contribution in [0.4, 0.5) is 0 Å². The van der Waals surface area contributed by atoms with Gasteiger partial charge in [-0.2, -0.15) is 0 Å². The van der Waals surface area contributed by atoms with Crippen LogP contribution in [0.15, 0.2) is 54.3 Å². The second-order valence-corrected chi connectivity index (χ2v) is 9.71. The highest BCUT2D eigenvalue weighted by atomic mass is 16.5. The summed E-state index contributed by atoms with van der Waals surface area (Å²) in [4.78, 5) is 0. The Morgan fingerprint density at radius 1 is 0.778 bits per heavy atom. The fourth-order valence-corrected chi connectivity index (χ4v) is 6.37. The molecule has 0 radical (unpaired) electrons. The van der Waals surface area contributed by atoms with Crippen LogP contribution in [0.1, 0.15) is 34.6 Å². The van der Waals surface area contributed by atoms with Crippen molar-refractivity contribution in [3.63, 3.8) is 0 Å². The molecule has 0 amide bonds. The second-order valence-electron chi connectivity index (χ2n) is 9.71. The Bertz CT molecular complexity index is 1470. The quantitative estimate of drug-likeness (QED) is 0.369. The number of aryl methyl sites for hydroxylation is 1. The first-order valence-corrected chi connectivity index (χ1v) is 12.2. The van der Waals surface area contributed by atoms with Crippen molar-refractivity contribution in [2.24, 2.45) is 5.92 Å². The Morgan fingerprint density at radius 2 is 1.50 bits per heavy atom. The summed E-state index contributed by atoms with van der Waals surface area (Å²) in [5.41, 5.74) is 6.90. The van der Waals surface area contributed by atoms with Gasteiger partial charge in [-0.05, 0) is 78.1 Å². The summed E-state index contributed by atoms with van der Waals surface area (Å²) < 4.78 is 11.4. The van der Waals surface area contributed by atoms with Crippen molar-refractivity contribution < 1.29 is 29.9 Å². The molecule has 0 aromatic heterocycles. The highest BCUT2D eigenvalue weighted by Crippen LogP contribution is 2.55. The summed E-state index contributed by atoms with van der Waals surface area (Å²) in [6.07, 6.45) is 8.36.